The van der Waals surface area contributed by atoms with E-state index in [1.165, 1.54) is 12.1 Å². The van der Waals surface area contributed by atoms with Crippen molar-refractivity contribution in [2.24, 2.45) is 10.8 Å². The Kier molecular flexibility index (Phi) is 5.45. The van der Waals surface area contributed by atoms with E-state index in [1.54, 1.807) is 13.2 Å². The minimum atomic E-state index is -0.259. The Morgan fingerprint density at radius 1 is 1.56 bits per heavy atom. The van der Waals surface area contributed by atoms with Crippen molar-refractivity contribution in [2.45, 2.75) is 6.42 Å². The largest absolute Gasteiger partial charge is 0.383 e. The predicted octanol–water partition coefficient (Wildman–Crippen LogP) is 0.876. The zero-order valence-corrected chi connectivity index (χ0v) is 9.24. The second-order valence-electron chi connectivity index (χ2n) is 3.27. The highest BCUT2D eigenvalue weighted by atomic mass is 19.1. The minimum absolute atomic E-state index is 0.259. The lowest BCUT2D eigenvalue weighted by atomic mass is 10.1. The summed E-state index contributed by atoms with van der Waals surface area (Å²) in [6.07, 6.45) is 0.484. The summed E-state index contributed by atoms with van der Waals surface area (Å²) in [4.78, 5) is 4.19. The van der Waals surface area contributed by atoms with Crippen LogP contribution in [0, 0.1) is 5.82 Å². The van der Waals surface area contributed by atoms with Crippen LogP contribution in [-0.2, 0) is 11.2 Å². The van der Waals surface area contributed by atoms with E-state index in [-0.39, 0.29) is 5.82 Å². The standard InChI is InChI=1S/C11H16FN3O/c1-16-6-5-14-11(15-13)8-9-3-2-4-10(12)7-9/h2-4,7H,5-6,8,13H2,1H3,(H,14,15). The van der Waals surface area contributed by atoms with Crippen molar-refractivity contribution in [3.63, 3.8) is 0 Å². The summed E-state index contributed by atoms with van der Waals surface area (Å²) >= 11 is 0. The fourth-order valence-electron chi connectivity index (χ4n) is 1.26. The summed E-state index contributed by atoms with van der Waals surface area (Å²) < 4.78 is 17.8. The molecule has 0 unspecified atom stereocenters. The lowest BCUT2D eigenvalue weighted by Crippen LogP contribution is -2.32. The molecule has 0 aliphatic carbocycles. The quantitative estimate of drug-likeness (QED) is 0.257. The topological polar surface area (TPSA) is 59.6 Å². The molecule has 0 aliphatic heterocycles. The first-order valence-electron chi connectivity index (χ1n) is 4.99. The van der Waals surface area contributed by atoms with Crippen molar-refractivity contribution in [1.82, 2.24) is 5.43 Å². The molecule has 0 heterocycles. The number of aliphatic imine (C=N–C) groups is 1. The van der Waals surface area contributed by atoms with E-state index in [4.69, 9.17) is 10.6 Å². The van der Waals surface area contributed by atoms with Gasteiger partial charge in [-0.25, -0.2) is 10.2 Å². The molecule has 16 heavy (non-hydrogen) atoms. The van der Waals surface area contributed by atoms with Gasteiger partial charge in [0.05, 0.1) is 13.2 Å². The Morgan fingerprint density at radius 3 is 3.00 bits per heavy atom. The molecule has 88 valence electrons. The SMILES string of the molecule is COCCN=C(Cc1cccc(F)c1)NN. The summed E-state index contributed by atoms with van der Waals surface area (Å²) in [7, 11) is 1.61. The van der Waals surface area contributed by atoms with E-state index in [1.807, 2.05) is 6.07 Å². The van der Waals surface area contributed by atoms with E-state index in [0.29, 0.717) is 25.4 Å². The summed E-state index contributed by atoms with van der Waals surface area (Å²) in [6, 6.07) is 6.35. The van der Waals surface area contributed by atoms with Gasteiger partial charge in [-0.2, -0.15) is 0 Å². The molecule has 0 fully saturated rings. The normalized spacial score (nSPS) is 11.6. The van der Waals surface area contributed by atoms with Crippen molar-refractivity contribution < 1.29 is 9.13 Å². The number of ether oxygens (including phenoxy) is 1. The smallest absolute Gasteiger partial charge is 0.123 e. The van der Waals surface area contributed by atoms with Crippen LogP contribution in [0.3, 0.4) is 0 Å². The molecule has 0 spiro atoms. The lowest BCUT2D eigenvalue weighted by molar-refractivity contribution is 0.208. The highest BCUT2D eigenvalue weighted by Crippen LogP contribution is 2.04. The van der Waals surface area contributed by atoms with Gasteiger partial charge >= 0.3 is 0 Å². The van der Waals surface area contributed by atoms with Gasteiger partial charge in [0.1, 0.15) is 11.7 Å². The van der Waals surface area contributed by atoms with Crippen LogP contribution in [0.2, 0.25) is 0 Å². The van der Waals surface area contributed by atoms with Crippen molar-refractivity contribution in [1.29, 1.82) is 0 Å². The fraction of sp³-hybridized carbons (Fsp3) is 0.364. The van der Waals surface area contributed by atoms with E-state index < -0.39 is 0 Å². The molecule has 0 amide bonds. The van der Waals surface area contributed by atoms with Gasteiger partial charge < -0.3 is 10.2 Å². The predicted molar refractivity (Wildman–Crippen MR) is 61.6 cm³/mol. The highest BCUT2D eigenvalue weighted by Gasteiger charge is 2.00. The number of nitrogens with zero attached hydrogens (tertiary/aromatic N) is 1. The fourth-order valence-corrected chi connectivity index (χ4v) is 1.26. The van der Waals surface area contributed by atoms with Gasteiger partial charge in [-0.05, 0) is 17.7 Å². The van der Waals surface area contributed by atoms with Gasteiger partial charge in [-0.15, -0.1) is 0 Å². The number of halogens is 1. The third kappa shape index (κ3) is 4.37. The molecule has 1 rings (SSSR count). The number of nitrogens with two attached hydrogens (primary N) is 1. The summed E-state index contributed by atoms with van der Waals surface area (Å²) in [5.74, 6) is 5.68. The molecule has 5 heteroatoms. The average molecular weight is 225 g/mol. The third-order valence-electron chi connectivity index (χ3n) is 2.03. The van der Waals surface area contributed by atoms with Gasteiger partial charge in [0.15, 0.2) is 0 Å². The van der Waals surface area contributed by atoms with Crippen LogP contribution in [0.5, 0.6) is 0 Å². The summed E-state index contributed by atoms with van der Waals surface area (Å²) in [6.45, 7) is 1.07. The van der Waals surface area contributed by atoms with Gasteiger partial charge in [-0.3, -0.25) is 4.99 Å². The number of methoxy groups -OCH3 is 1. The number of hydrogen-bond donors (Lipinski definition) is 2. The van der Waals surface area contributed by atoms with Crippen LogP contribution in [0.1, 0.15) is 5.56 Å². The summed E-state index contributed by atoms with van der Waals surface area (Å²) in [5.41, 5.74) is 3.33. The highest BCUT2D eigenvalue weighted by molar-refractivity contribution is 5.83. The number of benzene rings is 1. The van der Waals surface area contributed by atoms with Crippen molar-refractivity contribution in [3.8, 4) is 0 Å². The Morgan fingerprint density at radius 2 is 2.38 bits per heavy atom. The lowest BCUT2D eigenvalue weighted by Gasteiger charge is -2.06. The maximum absolute atomic E-state index is 12.9. The zero-order chi connectivity index (χ0) is 11.8. The maximum Gasteiger partial charge on any atom is 0.123 e. The van der Waals surface area contributed by atoms with Crippen LogP contribution in [0.15, 0.2) is 29.3 Å². The average Bonchev–Trinajstić information content (AvgIpc) is 2.28. The second-order valence-corrected chi connectivity index (χ2v) is 3.27. The second kappa shape index (κ2) is 6.92. The number of amidine groups is 1. The maximum atomic E-state index is 12.9. The minimum Gasteiger partial charge on any atom is -0.383 e. The third-order valence-corrected chi connectivity index (χ3v) is 2.03. The van der Waals surface area contributed by atoms with Gasteiger partial charge in [0.2, 0.25) is 0 Å². The summed E-state index contributed by atoms with van der Waals surface area (Å²) in [5, 5.41) is 0. The van der Waals surface area contributed by atoms with Crippen LogP contribution < -0.4 is 11.3 Å². The molecule has 0 atom stereocenters. The number of hydrazine groups is 1. The van der Waals surface area contributed by atoms with Crippen molar-refractivity contribution in [2.75, 3.05) is 20.3 Å². The Labute approximate surface area is 94.3 Å². The number of nitrogens with one attached hydrogen (secondary N) is 1. The monoisotopic (exact) mass is 225 g/mol. The van der Waals surface area contributed by atoms with Crippen LogP contribution in [0.4, 0.5) is 4.39 Å². The van der Waals surface area contributed by atoms with Crippen LogP contribution in [-0.4, -0.2) is 26.1 Å². The number of hydrogen-bond acceptors (Lipinski definition) is 3. The van der Waals surface area contributed by atoms with Gasteiger partial charge in [-0.1, -0.05) is 12.1 Å². The van der Waals surface area contributed by atoms with Crippen molar-refractivity contribution in [3.05, 3.63) is 35.6 Å². The molecule has 3 N–H and O–H groups in total. The van der Waals surface area contributed by atoms with E-state index in [9.17, 15) is 4.39 Å². The van der Waals surface area contributed by atoms with E-state index in [2.05, 4.69) is 10.4 Å². The first kappa shape index (κ1) is 12.6. The Bertz CT molecular complexity index is 355. The molecule has 0 aliphatic rings. The Balaban J connectivity index is 2.59. The van der Waals surface area contributed by atoms with E-state index >= 15 is 0 Å². The van der Waals surface area contributed by atoms with Crippen LogP contribution >= 0.6 is 0 Å². The molecular weight excluding hydrogens is 209 g/mol. The molecule has 0 aromatic heterocycles. The first-order valence-corrected chi connectivity index (χ1v) is 4.99. The molecule has 1 aromatic carbocycles. The van der Waals surface area contributed by atoms with Crippen molar-refractivity contribution >= 4 is 5.84 Å². The Hall–Kier alpha value is -1.46. The van der Waals surface area contributed by atoms with Gasteiger partial charge in [0.25, 0.3) is 0 Å². The number of rotatable bonds is 5. The molecule has 0 saturated carbocycles. The molecular formula is C11H16FN3O. The first-order chi connectivity index (χ1) is 7.76. The van der Waals surface area contributed by atoms with Crippen LogP contribution in [0.25, 0.3) is 0 Å². The molecule has 0 bridgehead atoms. The molecule has 0 radical (unpaired) electrons. The molecule has 0 saturated heterocycles. The molecule has 4 nitrogen and oxygen atoms in total. The zero-order valence-electron chi connectivity index (χ0n) is 9.24. The van der Waals surface area contributed by atoms with E-state index in [0.717, 1.165) is 5.56 Å². The molecule has 1 aromatic rings. The van der Waals surface area contributed by atoms with Gasteiger partial charge in [0, 0.05) is 13.5 Å².